The first kappa shape index (κ1) is 17.7. The molecule has 0 aliphatic heterocycles. The molecule has 0 bridgehead atoms. The average molecular weight is 428 g/mol. The molecule has 5 radical (unpaired) electrons. The minimum Gasteiger partial charge on any atom is -0.302 e. The van der Waals surface area contributed by atoms with Crippen LogP contribution < -0.4 is 0 Å². The molecule has 1 fully saturated rings. The van der Waals surface area contributed by atoms with Crippen molar-refractivity contribution in [3.63, 3.8) is 0 Å². The summed E-state index contributed by atoms with van der Waals surface area (Å²) >= 11 is 7.50. The molecule has 2 rings (SSSR count). The average Bonchev–Trinajstić information content (AvgIpc) is 2.74. The van der Waals surface area contributed by atoms with Crippen LogP contribution in [-0.2, 0) is 0 Å². The summed E-state index contributed by atoms with van der Waals surface area (Å²) in [5, 5.41) is 0. The Morgan fingerprint density at radius 1 is 1.00 bits per heavy atom. The second-order valence-corrected chi connectivity index (χ2v) is 13.4. The van der Waals surface area contributed by atoms with Gasteiger partial charge in [0, 0.05) is 16.4 Å². The molecule has 0 amide bonds. The van der Waals surface area contributed by atoms with E-state index in [4.69, 9.17) is 0 Å². The Labute approximate surface area is 147 Å². The van der Waals surface area contributed by atoms with E-state index in [1.54, 1.807) is 0 Å². The molecule has 4 heteroatoms. The zero-order valence-corrected chi connectivity index (χ0v) is 17.4. The summed E-state index contributed by atoms with van der Waals surface area (Å²) in [5.74, 6) is 1.42. The molecule has 0 heterocycles. The normalized spacial score (nSPS) is 20.4. The lowest BCUT2D eigenvalue weighted by Crippen LogP contribution is -2.39. The van der Waals surface area contributed by atoms with E-state index in [9.17, 15) is 0 Å². The van der Waals surface area contributed by atoms with Crippen LogP contribution in [0.5, 0.6) is 0 Å². The van der Waals surface area contributed by atoms with E-state index in [-0.39, 0.29) is 6.04 Å². The first-order chi connectivity index (χ1) is 9.73. The van der Waals surface area contributed by atoms with Gasteiger partial charge in [-0.3, -0.25) is 0 Å². The maximum atomic E-state index is 3.78. The summed E-state index contributed by atoms with van der Waals surface area (Å²) in [5.41, 5.74) is 2.85. The predicted octanol–water partition coefficient (Wildman–Crippen LogP) is 5.43. The van der Waals surface area contributed by atoms with E-state index in [1.807, 2.05) is 0 Å². The fraction of sp³-hybridized carbons (Fsp3) is 0.353. The standard InChI is InChI=1S/C17H22Br2NSi/c1-20(2)17(12-8-6-7-9-13(12)18)16-14(19)10-11-15(16)21(3,4)5/h6-11,17H,1-5H3/t17-/m1/s1. The minimum atomic E-state index is -1.39. The molecule has 1 atom stereocenters. The Morgan fingerprint density at radius 3 is 2.14 bits per heavy atom. The van der Waals surface area contributed by atoms with Crippen LogP contribution in [0.4, 0.5) is 0 Å². The van der Waals surface area contributed by atoms with Crippen molar-refractivity contribution in [1.29, 1.82) is 0 Å². The number of rotatable bonds is 4. The second-order valence-electron chi connectivity index (χ2n) is 6.65. The Kier molecular flexibility index (Phi) is 5.78. The van der Waals surface area contributed by atoms with Gasteiger partial charge in [-0.05, 0) is 44.1 Å². The van der Waals surface area contributed by atoms with Crippen LogP contribution >= 0.6 is 31.9 Å². The third-order valence-electron chi connectivity index (χ3n) is 3.74. The number of hydrogen-bond donors (Lipinski definition) is 0. The quantitative estimate of drug-likeness (QED) is 0.579. The maximum Gasteiger partial charge on any atom is 0.0538 e. The minimum absolute atomic E-state index is 0.256. The van der Waals surface area contributed by atoms with E-state index in [1.165, 1.54) is 26.3 Å². The Bertz CT molecular complexity index is 484. The maximum absolute atomic E-state index is 3.78. The van der Waals surface area contributed by atoms with Crippen LogP contribution in [0, 0.1) is 29.1 Å². The zero-order valence-electron chi connectivity index (χ0n) is 13.2. The monoisotopic (exact) mass is 426 g/mol. The summed E-state index contributed by atoms with van der Waals surface area (Å²) in [6.45, 7) is 7.22. The summed E-state index contributed by atoms with van der Waals surface area (Å²) < 4.78 is 1.17. The first-order valence-corrected chi connectivity index (χ1v) is 12.2. The highest BCUT2D eigenvalue weighted by Gasteiger charge is 2.48. The van der Waals surface area contributed by atoms with Crippen molar-refractivity contribution >= 4 is 39.9 Å². The van der Waals surface area contributed by atoms with Gasteiger partial charge in [-0.1, -0.05) is 69.7 Å². The molecule has 21 heavy (non-hydrogen) atoms. The largest absolute Gasteiger partial charge is 0.302 e. The highest BCUT2D eigenvalue weighted by Crippen LogP contribution is 2.55. The molecular weight excluding hydrogens is 406 g/mol. The van der Waals surface area contributed by atoms with Gasteiger partial charge in [-0.15, -0.1) is 0 Å². The Morgan fingerprint density at radius 2 is 1.62 bits per heavy atom. The molecule has 0 unspecified atom stereocenters. The van der Waals surface area contributed by atoms with Crippen LogP contribution in [0.25, 0.3) is 0 Å². The smallest absolute Gasteiger partial charge is 0.0538 e. The molecule has 0 aromatic heterocycles. The number of nitrogens with zero attached hydrogens (tertiary/aromatic N) is 1. The molecule has 113 valence electrons. The van der Waals surface area contributed by atoms with E-state index < -0.39 is 8.07 Å². The highest BCUT2D eigenvalue weighted by molar-refractivity contribution is 9.11. The molecule has 0 N–H and O–H groups in total. The summed E-state index contributed by atoms with van der Waals surface area (Å²) in [6.07, 6.45) is 4.51. The predicted molar refractivity (Wildman–Crippen MR) is 101 cm³/mol. The Balaban J connectivity index is 2.44. The van der Waals surface area contributed by atoms with Gasteiger partial charge >= 0.3 is 0 Å². The lowest BCUT2D eigenvalue weighted by Gasteiger charge is -2.39. The van der Waals surface area contributed by atoms with Crippen LogP contribution in [0.1, 0.15) is 11.6 Å². The van der Waals surface area contributed by atoms with Gasteiger partial charge in [0.05, 0.1) is 12.9 Å². The first-order valence-electron chi connectivity index (χ1n) is 7.10. The van der Waals surface area contributed by atoms with Gasteiger partial charge in [0.25, 0.3) is 0 Å². The van der Waals surface area contributed by atoms with Gasteiger partial charge in [0.2, 0.25) is 0 Å². The molecular formula is C17H22Br2NSi. The number of benzene rings is 1. The van der Waals surface area contributed by atoms with E-state index in [0.29, 0.717) is 0 Å². The Hall–Kier alpha value is 0.357. The molecule has 0 saturated heterocycles. The van der Waals surface area contributed by atoms with E-state index in [2.05, 4.69) is 108 Å². The summed E-state index contributed by atoms with van der Waals surface area (Å²) in [7, 11) is 2.91. The van der Waals surface area contributed by atoms with E-state index in [0.717, 1.165) is 0 Å². The molecule has 1 nitrogen and oxygen atoms in total. The van der Waals surface area contributed by atoms with Gasteiger partial charge in [0.1, 0.15) is 0 Å². The van der Waals surface area contributed by atoms with Crippen molar-refractivity contribution in [3.8, 4) is 0 Å². The van der Waals surface area contributed by atoms with Crippen molar-refractivity contribution < 1.29 is 0 Å². The third kappa shape index (κ3) is 3.82. The molecule has 1 aromatic rings. The van der Waals surface area contributed by atoms with Crippen molar-refractivity contribution in [3.05, 3.63) is 63.4 Å². The third-order valence-corrected chi connectivity index (χ3v) is 7.21. The summed E-state index contributed by atoms with van der Waals surface area (Å²) in [6, 6.07) is 8.77. The van der Waals surface area contributed by atoms with Gasteiger partial charge in [0.15, 0.2) is 0 Å². The molecule has 1 aliphatic carbocycles. The van der Waals surface area contributed by atoms with Crippen molar-refractivity contribution in [1.82, 2.24) is 4.90 Å². The molecule has 1 aromatic carbocycles. The highest BCUT2D eigenvalue weighted by atomic mass is 79.9. The van der Waals surface area contributed by atoms with Gasteiger partial charge in [-0.25, -0.2) is 0 Å². The van der Waals surface area contributed by atoms with Crippen LogP contribution in [0.15, 0.2) is 28.7 Å². The number of halogens is 2. The zero-order chi connectivity index (χ0) is 15.8. The van der Waals surface area contributed by atoms with Crippen molar-refractivity contribution in [2.24, 2.45) is 0 Å². The van der Waals surface area contributed by atoms with E-state index >= 15 is 0 Å². The molecule has 0 spiro atoms. The molecule has 1 saturated carbocycles. The van der Waals surface area contributed by atoms with Crippen LogP contribution in [0.2, 0.25) is 19.6 Å². The SMILES string of the molecule is CN(C)[C@@H]([C]1[C](Br)[CH][CH][C]1[Si](C)(C)C)c1ccccc1Br. The van der Waals surface area contributed by atoms with Crippen molar-refractivity contribution in [2.75, 3.05) is 14.1 Å². The van der Waals surface area contributed by atoms with Gasteiger partial charge in [-0.2, -0.15) is 0 Å². The topological polar surface area (TPSA) is 3.24 Å². The fourth-order valence-electron chi connectivity index (χ4n) is 2.79. The molecule has 1 aliphatic rings. The van der Waals surface area contributed by atoms with Crippen molar-refractivity contribution in [2.45, 2.75) is 25.7 Å². The van der Waals surface area contributed by atoms with Crippen LogP contribution in [-0.4, -0.2) is 27.1 Å². The lowest BCUT2D eigenvalue weighted by atomic mass is 9.90. The van der Waals surface area contributed by atoms with Gasteiger partial charge < -0.3 is 4.90 Å². The fourth-order valence-corrected chi connectivity index (χ4v) is 5.70. The van der Waals surface area contributed by atoms with Crippen LogP contribution in [0.3, 0.4) is 0 Å². The summed E-state index contributed by atoms with van der Waals surface area (Å²) in [4.78, 5) is 3.51. The number of hydrogen-bond acceptors (Lipinski definition) is 1. The second kappa shape index (κ2) is 6.86. The lowest BCUT2D eigenvalue weighted by molar-refractivity contribution is 0.317.